The van der Waals surface area contributed by atoms with Gasteiger partial charge in [0, 0.05) is 34.8 Å². The number of anilines is 1. The Balaban J connectivity index is 1.74. The van der Waals surface area contributed by atoms with E-state index in [9.17, 15) is 9.90 Å². The molecule has 36 heavy (non-hydrogen) atoms. The summed E-state index contributed by atoms with van der Waals surface area (Å²) in [6.45, 7) is 2.34. The lowest BCUT2D eigenvalue weighted by Crippen LogP contribution is -2.52. The maximum absolute atomic E-state index is 15.5. The Hall–Kier alpha value is -2.68. The van der Waals surface area contributed by atoms with Crippen LogP contribution in [-0.4, -0.2) is 41.2 Å². The van der Waals surface area contributed by atoms with Gasteiger partial charge in [-0.3, -0.25) is 9.69 Å². The monoisotopic (exact) mass is 529 g/mol. The molecule has 188 valence electrons. The Morgan fingerprint density at radius 3 is 2.69 bits per heavy atom. The van der Waals surface area contributed by atoms with Gasteiger partial charge in [0.25, 0.3) is 0 Å². The van der Waals surface area contributed by atoms with Gasteiger partial charge in [-0.05, 0) is 48.4 Å². The van der Waals surface area contributed by atoms with Crippen LogP contribution in [0.1, 0.15) is 29.5 Å². The Labute approximate surface area is 218 Å². The van der Waals surface area contributed by atoms with E-state index in [0.717, 1.165) is 5.56 Å². The lowest BCUT2D eigenvalue weighted by molar-refractivity contribution is -0.128. The van der Waals surface area contributed by atoms with Crippen LogP contribution in [0.15, 0.2) is 60.7 Å². The molecular formula is C27H26Cl2FN3O3. The Morgan fingerprint density at radius 1 is 1.17 bits per heavy atom. The van der Waals surface area contributed by atoms with Crippen LogP contribution < -0.4 is 15.8 Å². The Kier molecular flexibility index (Phi) is 6.70. The van der Waals surface area contributed by atoms with Crippen LogP contribution in [-0.2, 0) is 16.9 Å². The zero-order valence-corrected chi connectivity index (χ0v) is 21.1. The number of amides is 1. The molecule has 0 bridgehead atoms. The first-order valence-electron chi connectivity index (χ1n) is 11.7. The van der Waals surface area contributed by atoms with Gasteiger partial charge in [-0.1, -0.05) is 53.5 Å². The number of hydrogen-bond donors (Lipinski definition) is 3. The molecule has 0 radical (unpaired) electrons. The summed E-state index contributed by atoms with van der Waals surface area (Å²) in [6, 6.07) is 15.9. The molecule has 2 aliphatic heterocycles. The number of carbonyl (C=O) groups is 1. The number of likely N-dealkylation sites (tertiary alicyclic amines) is 1. The largest absolute Gasteiger partial charge is 0.494 e. The van der Waals surface area contributed by atoms with Crippen molar-refractivity contribution in [2.75, 3.05) is 18.5 Å². The molecule has 2 aliphatic rings. The third-order valence-electron chi connectivity index (χ3n) is 7.19. The van der Waals surface area contributed by atoms with Crippen molar-refractivity contribution >= 4 is 34.8 Å². The Morgan fingerprint density at radius 2 is 1.94 bits per heavy atom. The average molecular weight is 530 g/mol. The summed E-state index contributed by atoms with van der Waals surface area (Å²) >= 11 is 12.4. The summed E-state index contributed by atoms with van der Waals surface area (Å²) in [5, 5.41) is 13.8. The lowest BCUT2D eigenvalue weighted by Gasteiger charge is -2.39. The molecular weight excluding hydrogens is 504 g/mol. The zero-order chi connectivity index (χ0) is 25.6. The third kappa shape index (κ3) is 3.78. The number of nitrogens with two attached hydrogens (primary N) is 1. The molecule has 4 N–H and O–H groups in total. The molecule has 4 atom stereocenters. The number of nitrogens with zero attached hydrogens (tertiary/aromatic N) is 1. The summed E-state index contributed by atoms with van der Waals surface area (Å²) in [5.74, 6) is -1.15. The number of fused-ring (bicyclic) bond motifs is 2. The molecule has 0 aliphatic carbocycles. The van der Waals surface area contributed by atoms with Crippen LogP contribution in [0.5, 0.6) is 5.75 Å². The number of ether oxygens (including phenoxy) is 1. The summed E-state index contributed by atoms with van der Waals surface area (Å²) in [7, 11) is 0. The molecule has 1 saturated heterocycles. The molecule has 6 nitrogen and oxygen atoms in total. The highest BCUT2D eigenvalue weighted by Crippen LogP contribution is 2.57. The second kappa shape index (κ2) is 9.65. The predicted molar refractivity (Wildman–Crippen MR) is 138 cm³/mol. The molecule has 2 heterocycles. The van der Waals surface area contributed by atoms with E-state index in [-0.39, 0.29) is 29.6 Å². The van der Waals surface area contributed by atoms with Gasteiger partial charge in [-0.15, -0.1) is 0 Å². The fourth-order valence-electron chi connectivity index (χ4n) is 5.79. The SMILES string of the molecule is CCOc1cccc(CN2[C@@H](CO)[C@@H](N)[C@H](c3cccc(Cl)c3F)[C@]23C(=O)Nc2cc(Cl)ccc23)c1. The van der Waals surface area contributed by atoms with Crippen molar-refractivity contribution in [3.63, 3.8) is 0 Å². The van der Waals surface area contributed by atoms with E-state index in [1.54, 1.807) is 30.3 Å². The van der Waals surface area contributed by atoms with Crippen LogP contribution in [0.3, 0.4) is 0 Å². The molecule has 9 heteroatoms. The van der Waals surface area contributed by atoms with Gasteiger partial charge < -0.3 is 20.9 Å². The highest BCUT2D eigenvalue weighted by molar-refractivity contribution is 6.31. The number of nitrogens with one attached hydrogen (secondary N) is 1. The van der Waals surface area contributed by atoms with Crippen molar-refractivity contribution in [2.24, 2.45) is 5.73 Å². The van der Waals surface area contributed by atoms with E-state index in [2.05, 4.69) is 5.32 Å². The van der Waals surface area contributed by atoms with Crippen LogP contribution in [0.2, 0.25) is 10.0 Å². The van der Waals surface area contributed by atoms with Gasteiger partial charge >= 0.3 is 0 Å². The molecule has 3 aromatic rings. The van der Waals surface area contributed by atoms with Crippen molar-refractivity contribution in [3.05, 3.63) is 93.2 Å². The normalized spacial score (nSPS) is 25.3. The first-order chi connectivity index (χ1) is 17.3. The quantitative estimate of drug-likeness (QED) is 0.432. The van der Waals surface area contributed by atoms with Crippen molar-refractivity contribution < 1.29 is 19.0 Å². The average Bonchev–Trinajstić information content (AvgIpc) is 3.26. The zero-order valence-electron chi connectivity index (χ0n) is 19.5. The molecule has 5 rings (SSSR count). The molecule has 1 spiro atoms. The van der Waals surface area contributed by atoms with E-state index in [4.69, 9.17) is 33.7 Å². The van der Waals surface area contributed by atoms with Gasteiger partial charge in [0.2, 0.25) is 5.91 Å². The Bertz CT molecular complexity index is 1320. The number of aliphatic hydroxyl groups excluding tert-OH is 1. The van der Waals surface area contributed by atoms with Crippen LogP contribution >= 0.6 is 23.2 Å². The number of halogens is 3. The minimum atomic E-state index is -1.42. The first kappa shape index (κ1) is 25.0. The molecule has 1 amide bonds. The highest BCUT2D eigenvalue weighted by atomic mass is 35.5. The summed E-state index contributed by atoms with van der Waals surface area (Å²) < 4.78 is 21.2. The van der Waals surface area contributed by atoms with Crippen molar-refractivity contribution in [2.45, 2.75) is 37.0 Å². The molecule has 1 fully saturated rings. The molecule has 0 aromatic heterocycles. The molecule has 0 unspecified atom stereocenters. The minimum absolute atomic E-state index is 0.0620. The number of benzene rings is 3. The number of carbonyl (C=O) groups excluding carboxylic acids is 1. The van der Waals surface area contributed by atoms with E-state index < -0.39 is 29.4 Å². The van der Waals surface area contributed by atoms with Crippen LogP contribution in [0.25, 0.3) is 0 Å². The topological polar surface area (TPSA) is 87.8 Å². The van der Waals surface area contributed by atoms with Crippen molar-refractivity contribution in [1.29, 1.82) is 0 Å². The molecule has 0 saturated carbocycles. The number of aliphatic hydroxyl groups is 1. The maximum Gasteiger partial charge on any atom is 0.250 e. The first-order valence-corrected chi connectivity index (χ1v) is 12.5. The summed E-state index contributed by atoms with van der Waals surface area (Å²) in [5.41, 5.74) is 7.57. The van der Waals surface area contributed by atoms with Gasteiger partial charge in [-0.2, -0.15) is 0 Å². The van der Waals surface area contributed by atoms with E-state index in [0.29, 0.717) is 28.6 Å². The number of rotatable bonds is 6. The molecule has 3 aromatic carbocycles. The minimum Gasteiger partial charge on any atom is -0.494 e. The van der Waals surface area contributed by atoms with Gasteiger partial charge in [-0.25, -0.2) is 4.39 Å². The standard InChI is InChI=1S/C27H26Cl2FN3O3/c1-2-36-17-6-3-5-15(11-17)13-33-22(14-34)25(31)23(18-7-4-8-20(29)24(18)30)27(33)19-10-9-16(28)12-21(19)32-26(27)35/h3-12,22-23,25,34H,2,13-14,31H2,1H3,(H,32,35)/t22-,23-,25+,27+/m0/s1. The highest BCUT2D eigenvalue weighted by Gasteiger charge is 2.66. The van der Waals surface area contributed by atoms with Gasteiger partial charge in [0.05, 0.1) is 24.3 Å². The number of hydrogen-bond acceptors (Lipinski definition) is 5. The summed E-state index contributed by atoms with van der Waals surface area (Å²) in [4.78, 5) is 15.9. The second-order valence-electron chi connectivity index (χ2n) is 9.07. The van der Waals surface area contributed by atoms with E-state index >= 15 is 4.39 Å². The fraction of sp³-hybridized carbons (Fsp3) is 0.296. The maximum atomic E-state index is 15.5. The third-order valence-corrected chi connectivity index (χ3v) is 7.71. The van der Waals surface area contributed by atoms with Crippen LogP contribution in [0, 0.1) is 5.82 Å². The van der Waals surface area contributed by atoms with Crippen molar-refractivity contribution in [1.82, 2.24) is 4.90 Å². The van der Waals surface area contributed by atoms with E-state index in [1.807, 2.05) is 36.1 Å². The van der Waals surface area contributed by atoms with Crippen molar-refractivity contribution in [3.8, 4) is 5.75 Å². The lowest BCUT2D eigenvalue weighted by atomic mass is 9.73. The van der Waals surface area contributed by atoms with Gasteiger partial charge in [0.15, 0.2) is 0 Å². The second-order valence-corrected chi connectivity index (χ2v) is 9.91. The van der Waals surface area contributed by atoms with Crippen LogP contribution in [0.4, 0.5) is 10.1 Å². The fourth-order valence-corrected chi connectivity index (χ4v) is 6.14. The smallest absolute Gasteiger partial charge is 0.250 e. The summed E-state index contributed by atoms with van der Waals surface area (Å²) in [6.07, 6.45) is 0. The van der Waals surface area contributed by atoms with E-state index in [1.165, 1.54) is 6.07 Å². The predicted octanol–water partition coefficient (Wildman–Crippen LogP) is 4.67. The van der Waals surface area contributed by atoms with Gasteiger partial charge in [0.1, 0.15) is 17.1 Å².